The number of nitrogens with zero attached hydrogens (tertiary/aromatic N) is 4. The third-order valence-corrected chi connectivity index (χ3v) is 5.31. The van der Waals surface area contributed by atoms with E-state index in [1.807, 2.05) is 49.5 Å². The van der Waals surface area contributed by atoms with Crippen LogP contribution in [0.4, 0.5) is 0 Å². The van der Waals surface area contributed by atoms with Crippen molar-refractivity contribution >= 4 is 28.9 Å². The number of hydrogen-bond acceptors (Lipinski definition) is 4. The van der Waals surface area contributed by atoms with Gasteiger partial charge in [0.2, 0.25) is 0 Å². The summed E-state index contributed by atoms with van der Waals surface area (Å²) in [4.78, 5) is 4.83. The second kappa shape index (κ2) is 7.43. The van der Waals surface area contributed by atoms with Crippen molar-refractivity contribution in [2.24, 2.45) is 4.99 Å². The average Bonchev–Trinajstić information content (AvgIpc) is 2.98. The van der Waals surface area contributed by atoms with Crippen LogP contribution >= 0.6 is 23.2 Å². The molecule has 1 aliphatic rings. The summed E-state index contributed by atoms with van der Waals surface area (Å²) in [5, 5.41) is 13.4. The molecule has 7 heteroatoms. The van der Waals surface area contributed by atoms with Crippen LogP contribution in [0.1, 0.15) is 29.7 Å². The van der Waals surface area contributed by atoms with Gasteiger partial charge in [0.1, 0.15) is 12.4 Å². The molecule has 0 bridgehead atoms. The summed E-state index contributed by atoms with van der Waals surface area (Å²) < 4.78 is 2.09. The lowest BCUT2D eigenvalue weighted by Crippen LogP contribution is -2.25. The van der Waals surface area contributed by atoms with E-state index in [9.17, 15) is 0 Å². The van der Waals surface area contributed by atoms with Crippen molar-refractivity contribution in [1.82, 2.24) is 20.1 Å². The standard InChI is InChI=1S/C20H19Cl2N5/c1-12(23-2)9-18-25-26-19-11-24-20(14-5-3-4-6-16(14)22)15-10-13(21)7-8-17(15)27(18)19/h3-8,10,12,23H,9,11H2,1-2H3. The fourth-order valence-electron chi connectivity index (χ4n) is 3.25. The van der Waals surface area contributed by atoms with Crippen molar-refractivity contribution in [3.8, 4) is 5.69 Å². The minimum Gasteiger partial charge on any atom is -0.317 e. The molecule has 0 amide bonds. The van der Waals surface area contributed by atoms with E-state index in [0.717, 1.165) is 40.6 Å². The van der Waals surface area contributed by atoms with Crippen molar-refractivity contribution in [3.63, 3.8) is 0 Å². The van der Waals surface area contributed by atoms with Gasteiger partial charge in [-0.2, -0.15) is 0 Å². The first kappa shape index (κ1) is 18.2. The molecule has 1 aromatic heterocycles. The van der Waals surface area contributed by atoms with Gasteiger partial charge in [-0.3, -0.25) is 9.56 Å². The molecule has 0 saturated heterocycles. The Morgan fingerprint density at radius 3 is 2.70 bits per heavy atom. The molecule has 2 aromatic carbocycles. The summed E-state index contributed by atoms with van der Waals surface area (Å²) in [5.41, 5.74) is 3.59. The highest BCUT2D eigenvalue weighted by Gasteiger charge is 2.24. The first-order chi connectivity index (χ1) is 13.1. The van der Waals surface area contributed by atoms with Crippen molar-refractivity contribution < 1.29 is 0 Å². The molecule has 0 saturated carbocycles. The molecule has 4 rings (SSSR count). The SMILES string of the molecule is CNC(C)Cc1nnc2n1-c1ccc(Cl)cc1C(c1ccccc1Cl)=NC2. The lowest BCUT2D eigenvalue weighted by molar-refractivity contribution is 0.584. The van der Waals surface area contributed by atoms with Crippen molar-refractivity contribution in [2.45, 2.75) is 25.9 Å². The van der Waals surface area contributed by atoms with E-state index >= 15 is 0 Å². The first-order valence-corrected chi connectivity index (χ1v) is 9.54. The van der Waals surface area contributed by atoms with Crippen LogP contribution < -0.4 is 5.32 Å². The third kappa shape index (κ3) is 3.38. The van der Waals surface area contributed by atoms with E-state index in [1.54, 1.807) is 0 Å². The molecule has 0 fully saturated rings. The molecule has 0 spiro atoms. The zero-order valence-corrected chi connectivity index (χ0v) is 16.6. The number of likely N-dealkylation sites (N-methyl/N-ethyl adjacent to an activating group) is 1. The fourth-order valence-corrected chi connectivity index (χ4v) is 3.65. The second-order valence-corrected chi connectivity index (χ2v) is 7.41. The molecule has 5 nitrogen and oxygen atoms in total. The Balaban J connectivity index is 1.92. The molecule has 1 unspecified atom stereocenters. The summed E-state index contributed by atoms with van der Waals surface area (Å²) in [5.74, 6) is 1.70. The highest BCUT2D eigenvalue weighted by molar-refractivity contribution is 6.36. The van der Waals surface area contributed by atoms with Crippen LogP contribution in [-0.4, -0.2) is 33.6 Å². The van der Waals surface area contributed by atoms with Crippen LogP contribution in [0.3, 0.4) is 0 Å². The van der Waals surface area contributed by atoms with Gasteiger partial charge in [-0.25, -0.2) is 0 Å². The number of benzene rings is 2. The number of aliphatic imine (C=N–C) groups is 1. The van der Waals surface area contributed by atoms with Gasteiger partial charge in [-0.1, -0.05) is 41.4 Å². The molecule has 1 aliphatic heterocycles. The van der Waals surface area contributed by atoms with Crippen molar-refractivity contribution in [2.75, 3.05) is 7.05 Å². The highest BCUT2D eigenvalue weighted by Crippen LogP contribution is 2.30. The maximum atomic E-state index is 6.46. The minimum atomic E-state index is 0.279. The van der Waals surface area contributed by atoms with E-state index in [4.69, 9.17) is 28.2 Å². The van der Waals surface area contributed by atoms with E-state index in [2.05, 4.69) is 27.0 Å². The van der Waals surface area contributed by atoms with Gasteiger partial charge < -0.3 is 5.32 Å². The zero-order chi connectivity index (χ0) is 19.0. The number of halogens is 2. The lowest BCUT2D eigenvalue weighted by atomic mass is 10.00. The fraction of sp³-hybridized carbons (Fsp3) is 0.250. The van der Waals surface area contributed by atoms with Crippen molar-refractivity contribution in [1.29, 1.82) is 0 Å². The smallest absolute Gasteiger partial charge is 0.159 e. The summed E-state index contributed by atoms with van der Waals surface area (Å²) in [7, 11) is 1.94. The van der Waals surface area contributed by atoms with Gasteiger partial charge in [0, 0.05) is 33.6 Å². The Morgan fingerprint density at radius 2 is 1.93 bits per heavy atom. The molecular weight excluding hydrogens is 381 g/mol. The highest BCUT2D eigenvalue weighted by atomic mass is 35.5. The minimum absolute atomic E-state index is 0.279. The van der Waals surface area contributed by atoms with Crippen LogP contribution in [0.25, 0.3) is 5.69 Å². The topological polar surface area (TPSA) is 55.1 Å². The van der Waals surface area contributed by atoms with Gasteiger partial charge in [0.05, 0.1) is 11.4 Å². The molecule has 1 atom stereocenters. The molecule has 0 radical (unpaired) electrons. The number of hydrogen-bond donors (Lipinski definition) is 1. The molecule has 0 aliphatic carbocycles. The summed E-state index contributed by atoms with van der Waals surface area (Å²) in [6.07, 6.45) is 0.757. The second-order valence-electron chi connectivity index (χ2n) is 6.57. The van der Waals surface area contributed by atoms with Crippen LogP contribution in [-0.2, 0) is 13.0 Å². The van der Waals surface area contributed by atoms with E-state index in [1.165, 1.54) is 0 Å². The molecule has 2 heterocycles. The Hall–Kier alpha value is -2.21. The Bertz CT molecular complexity index is 1020. The lowest BCUT2D eigenvalue weighted by Gasteiger charge is -2.16. The Labute approximate surface area is 168 Å². The summed E-state index contributed by atoms with van der Waals surface area (Å²) in [6, 6.07) is 13.8. The predicted octanol–water partition coefficient (Wildman–Crippen LogP) is 4.08. The summed E-state index contributed by atoms with van der Waals surface area (Å²) >= 11 is 12.8. The number of fused-ring (bicyclic) bond motifs is 3. The third-order valence-electron chi connectivity index (χ3n) is 4.74. The normalized spacial score (nSPS) is 14.1. The summed E-state index contributed by atoms with van der Waals surface area (Å²) in [6.45, 7) is 2.54. The van der Waals surface area contributed by atoms with Crippen LogP contribution in [0.15, 0.2) is 47.5 Å². The number of rotatable bonds is 4. The van der Waals surface area contributed by atoms with Gasteiger partial charge in [-0.15, -0.1) is 10.2 Å². The van der Waals surface area contributed by atoms with Crippen LogP contribution in [0.2, 0.25) is 10.0 Å². The van der Waals surface area contributed by atoms with Gasteiger partial charge in [0.25, 0.3) is 0 Å². The first-order valence-electron chi connectivity index (χ1n) is 8.78. The largest absolute Gasteiger partial charge is 0.317 e. The molecule has 138 valence electrons. The quantitative estimate of drug-likeness (QED) is 0.718. The molecule has 1 N–H and O–H groups in total. The average molecular weight is 400 g/mol. The zero-order valence-electron chi connectivity index (χ0n) is 15.1. The van der Waals surface area contributed by atoms with Crippen molar-refractivity contribution in [3.05, 3.63) is 75.3 Å². The number of aromatic nitrogens is 3. The predicted molar refractivity (Wildman–Crippen MR) is 109 cm³/mol. The van der Waals surface area contributed by atoms with E-state index < -0.39 is 0 Å². The van der Waals surface area contributed by atoms with E-state index in [-0.39, 0.29) is 6.04 Å². The van der Waals surface area contributed by atoms with Gasteiger partial charge >= 0.3 is 0 Å². The van der Waals surface area contributed by atoms with Crippen LogP contribution in [0.5, 0.6) is 0 Å². The molecule has 27 heavy (non-hydrogen) atoms. The monoisotopic (exact) mass is 399 g/mol. The maximum Gasteiger partial charge on any atom is 0.159 e. The maximum absolute atomic E-state index is 6.46. The van der Waals surface area contributed by atoms with Gasteiger partial charge in [0.15, 0.2) is 5.82 Å². The van der Waals surface area contributed by atoms with Gasteiger partial charge in [-0.05, 0) is 38.2 Å². The molecular formula is C20H19Cl2N5. The molecule has 3 aromatic rings. The number of nitrogens with one attached hydrogen (secondary N) is 1. The van der Waals surface area contributed by atoms with E-state index in [0.29, 0.717) is 16.6 Å². The Morgan fingerprint density at radius 1 is 1.11 bits per heavy atom. The van der Waals surface area contributed by atoms with Crippen LogP contribution in [0, 0.1) is 0 Å². The Kier molecular flexibility index (Phi) is 5.00.